The van der Waals surface area contributed by atoms with Crippen molar-refractivity contribution < 1.29 is 8.78 Å². The second-order valence-electron chi connectivity index (χ2n) is 2.56. The van der Waals surface area contributed by atoms with Gasteiger partial charge >= 0.3 is 0 Å². The van der Waals surface area contributed by atoms with Crippen LogP contribution in [-0.4, -0.2) is 12.3 Å². The van der Waals surface area contributed by atoms with Crippen molar-refractivity contribution in [3.63, 3.8) is 0 Å². The summed E-state index contributed by atoms with van der Waals surface area (Å²) in [5, 5.41) is 0. The molecular formula is C8H16F2. The van der Waals surface area contributed by atoms with Crippen LogP contribution < -0.4 is 0 Å². The summed E-state index contributed by atoms with van der Waals surface area (Å²) in [5.74, 6) is -0.0509. The SMILES string of the molecule is CC.C[C@@H]1C[C@H](F)C[C@@H]1F. The minimum absolute atomic E-state index is 0.0509. The summed E-state index contributed by atoms with van der Waals surface area (Å²) >= 11 is 0. The summed E-state index contributed by atoms with van der Waals surface area (Å²) in [6.45, 7) is 5.75. The predicted octanol–water partition coefficient (Wildman–Crippen LogP) is 3.12. The maximum Gasteiger partial charge on any atom is 0.106 e. The zero-order chi connectivity index (χ0) is 8.15. The van der Waals surface area contributed by atoms with E-state index in [2.05, 4.69) is 0 Å². The van der Waals surface area contributed by atoms with E-state index in [0.717, 1.165) is 0 Å². The molecule has 0 aromatic heterocycles. The molecule has 0 nitrogen and oxygen atoms in total. The van der Waals surface area contributed by atoms with Crippen LogP contribution in [0.25, 0.3) is 0 Å². The monoisotopic (exact) mass is 150 g/mol. The highest BCUT2D eigenvalue weighted by molar-refractivity contribution is 4.80. The van der Waals surface area contributed by atoms with Gasteiger partial charge in [0.2, 0.25) is 0 Å². The third kappa shape index (κ3) is 2.63. The van der Waals surface area contributed by atoms with Crippen LogP contribution in [-0.2, 0) is 0 Å². The first-order valence-corrected chi connectivity index (χ1v) is 3.98. The summed E-state index contributed by atoms with van der Waals surface area (Å²) in [7, 11) is 0. The van der Waals surface area contributed by atoms with E-state index >= 15 is 0 Å². The first kappa shape index (κ1) is 9.86. The number of hydrogen-bond donors (Lipinski definition) is 0. The van der Waals surface area contributed by atoms with E-state index in [-0.39, 0.29) is 12.3 Å². The maximum atomic E-state index is 12.3. The van der Waals surface area contributed by atoms with E-state index in [1.54, 1.807) is 6.92 Å². The molecule has 0 spiro atoms. The fourth-order valence-corrected chi connectivity index (χ4v) is 1.12. The van der Waals surface area contributed by atoms with Gasteiger partial charge in [0.15, 0.2) is 0 Å². The van der Waals surface area contributed by atoms with Gasteiger partial charge in [-0.05, 0) is 12.3 Å². The van der Waals surface area contributed by atoms with Gasteiger partial charge in [-0.25, -0.2) is 8.78 Å². The van der Waals surface area contributed by atoms with Gasteiger partial charge < -0.3 is 0 Å². The first-order valence-electron chi connectivity index (χ1n) is 3.98. The van der Waals surface area contributed by atoms with Crippen molar-refractivity contribution in [2.24, 2.45) is 5.92 Å². The Morgan fingerprint density at radius 1 is 1.10 bits per heavy atom. The summed E-state index contributed by atoms with van der Waals surface area (Å²) < 4.78 is 24.5. The Balaban J connectivity index is 0.000000371. The van der Waals surface area contributed by atoms with Crippen molar-refractivity contribution in [2.75, 3.05) is 0 Å². The molecule has 3 atom stereocenters. The molecule has 0 amide bonds. The van der Waals surface area contributed by atoms with E-state index in [0.29, 0.717) is 6.42 Å². The average molecular weight is 150 g/mol. The fraction of sp³-hybridized carbons (Fsp3) is 1.00. The van der Waals surface area contributed by atoms with E-state index in [9.17, 15) is 8.78 Å². The Bertz CT molecular complexity index is 73.3. The summed E-state index contributed by atoms with van der Waals surface area (Å²) in [5.41, 5.74) is 0. The Morgan fingerprint density at radius 3 is 1.70 bits per heavy atom. The van der Waals surface area contributed by atoms with Gasteiger partial charge in [-0.1, -0.05) is 20.8 Å². The van der Waals surface area contributed by atoms with E-state index in [1.807, 2.05) is 13.8 Å². The van der Waals surface area contributed by atoms with Crippen molar-refractivity contribution in [3.05, 3.63) is 0 Å². The van der Waals surface area contributed by atoms with Gasteiger partial charge in [-0.3, -0.25) is 0 Å². The van der Waals surface area contributed by atoms with Crippen LogP contribution in [0.4, 0.5) is 8.78 Å². The molecule has 1 aliphatic rings. The second-order valence-corrected chi connectivity index (χ2v) is 2.56. The molecule has 0 heterocycles. The quantitative estimate of drug-likeness (QED) is 0.497. The van der Waals surface area contributed by atoms with Crippen LogP contribution in [0.2, 0.25) is 0 Å². The van der Waals surface area contributed by atoms with E-state index < -0.39 is 12.3 Å². The van der Waals surface area contributed by atoms with Gasteiger partial charge in [0.25, 0.3) is 0 Å². The summed E-state index contributed by atoms with van der Waals surface area (Å²) in [4.78, 5) is 0. The highest BCUT2D eigenvalue weighted by atomic mass is 19.1. The van der Waals surface area contributed by atoms with Crippen LogP contribution in [0.1, 0.15) is 33.6 Å². The van der Waals surface area contributed by atoms with Gasteiger partial charge in [0.05, 0.1) is 0 Å². The second kappa shape index (κ2) is 4.64. The third-order valence-corrected chi connectivity index (χ3v) is 1.73. The highest BCUT2D eigenvalue weighted by Crippen LogP contribution is 2.29. The number of alkyl halides is 2. The predicted molar refractivity (Wildman–Crippen MR) is 39.5 cm³/mol. The summed E-state index contributed by atoms with van der Waals surface area (Å²) in [6, 6.07) is 0. The molecule has 0 aromatic rings. The molecule has 0 unspecified atom stereocenters. The molecule has 1 fully saturated rings. The average Bonchev–Trinajstić information content (AvgIpc) is 2.16. The minimum atomic E-state index is -0.884. The van der Waals surface area contributed by atoms with Gasteiger partial charge in [0.1, 0.15) is 12.3 Å². The number of rotatable bonds is 0. The molecule has 62 valence electrons. The number of halogens is 2. The minimum Gasteiger partial charge on any atom is -0.247 e. The largest absolute Gasteiger partial charge is 0.247 e. The van der Waals surface area contributed by atoms with Crippen LogP contribution in [0.5, 0.6) is 0 Å². The van der Waals surface area contributed by atoms with Crippen molar-refractivity contribution >= 4 is 0 Å². The lowest BCUT2D eigenvalue weighted by atomic mass is 10.1. The Kier molecular flexibility index (Phi) is 4.58. The zero-order valence-electron chi connectivity index (χ0n) is 6.90. The lowest BCUT2D eigenvalue weighted by molar-refractivity contribution is 0.268. The van der Waals surface area contributed by atoms with Crippen molar-refractivity contribution in [3.8, 4) is 0 Å². The molecule has 2 heteroatoms. The zero-order valence-corrected chi connectivity index (χ0v) is 6.90. The molecule has 0 saturated heterocycles. The Hall–Kier alpha value is -0.140. The van der Waals surface area contributed by atoms with E-state index in [1.165, 1.54) is 0 Å². The van der Waals surface area contributed by atoms with Crippen LogP contribution >= 0.6 is 0 Å². The van der Waals surface area contributed by atoms with Crippen LogP contribution in [0, 0.1) is 5.92 Å². The van der Waals surface area contributed by atoms with Gasteiger partial charge in [0, 0.05) is 6.42 Å². The fourth-order valence-electron chi connectivity index (χ4n) is 1.12. The maximum absolute atomic E-state index is 12.3. The molecule has 0 aromatic carbocycles. The standard InChI is InChI=1S/C6H10F2.C2H6/c1-4-2-5(7)3-6(4)8;1-2/h4-6H,2-3H2,1H3;1-2H3/t4-,5+,6+;/m1./s1. The van der Waals surface area contributed by atoms with Gasteiger partial charge in [-0.2, -0.15) is 0 Å². The molecule has 1 rings (SSSR count). The molecule has 1 aliphatic carbocycles. The lowest BCUT2D eigenvalue weighted by Gasteiger charge is -2.00. The molecule has 0 bridgehead atoms. The topological polar surface area (TPSA) is 0 Å². The lowest BCUT2D eigenvalue weighted by Crippen LogP contribution is -2.01. The smallest absolute Gasteiger partial charge is 0.106 e. The third-order valence-electron chi connectivity index (χ3n) is 1.73. The van der Waals surface area contributed by atoms with Crippen LogP contribution in [0.3, 0.4) is 0 Å². The van der Waals surface area contributed by atoms with Crippen molar-refractivity contribution in [2.45, 2.75) is 46.0 Å². The van der Waals surface area contributed by atoms with Gasteiger partial charge in [-0.15, -0.1) is 0 Å². The van der Waals surface area contributed by atoms with E-state index in [4.69, 9.17) is 0 Å². The Morgan fingerprint density at radius 2 is 1.60 bits per heavy atom. The Labute approximate surface area is 61.6 Å². The van der Waals surface area contributed by atoms with Crippen molar-refractivity contribution in [1.82, 2.24) is 0 Å². The van der Waals surface area contributed by atoms with Crippen LogP contribution in [0.15, 0.2) is 0 Å². The molecular weight excluding hydrogens is 134 g/mol. The molecule has 0 radical (unpaired) electrons. The normalized spacial score (nSPS) is 38.7. The molecule has 0 aliphatic heterocycles. The molecule has 1 saturated carbocycles. The number of hydrogen-bond acceptors (Lipinski definition) is 0. The highest BCUT2D eigenvalue weighted by Gasteiger charge is 2.30. The molecule has 10 heavy (non-hydrogen) atoms. The molecule has 0 N–H and O–H groups in total. The first-order chi connectivity index (χ1) is 4.70. The van der Waals surface area contributed by atoms with Crippen molar-refractivity contribution in [1.29, 1.82) is 0 Å². The summed E-state index contributed by atoms with van der Waals surface area (Å²) in [6.07, 6.45) is -1.22.